The molecular formula is C43H86N2O3. The second-order valence-electron chi connectivity index (χ2n) is 16.5. The SMILES string of the molecule is CCCCCCCCCCCCNC(=O)C(C)(C)CCCCCC(O)CCCCCC(C)(C)C(=O)NCCCCCCCCCCCC. The molecule has 0 fully saturated rings. The predicted molar refractivity (Wildman–Crippen MR) is 209 cm³/mol. The number of aliphatic hydroxyl groups is 1. The van der Waals surface area contributed by atoms with Crippen molar-refractivity contribution in [1.29, 1.82) is 0 Å². The summed E-state index contributed by atoms with van der Waals surface area (Å²) in [5, 5.41) is 16.8. The molecule has 0 saturated heterocycles. The van der Waals surface area contributed by atoms with Gasteiger partial charge < -0.3 is 15.7 Å². The topological polar surface area (TPSA) is 78.4 Å². The Morgan fingerprint density at radius 1 is 0.438 bits per heavy atom. The highest BCUT2D eigenvalue weighted by Gasteiger charge is 2.27. The van der Waals surface area contributed by atoms with E-state index in [0.29, 0.717) is 0 Å². The van der Waals surface area contributed by atoms with Crippen molar-refractivity contribution in [3.05, 3.63) is 0 Å². The van der Waals surface area contributed by atoms with Crippen molar-refractivity contribution in [1.82, 2.24) is 10.6 Å². The molecular weight excluding hydrogens is 592 g/mol. The van der Waals surface area contributed by atoms with Gasteiger partial charge in [0.05, 0.1) is 6.10 Å². The highest BCUT2D eigenvalue weighted by molar-refractivity contribution is 5.82. The summed E-state index contributed by atoms with van der Waals surface area (Å²) in [5.74, 6) is 0.376. The fourth-order valence-corrected chi connectivity index (χ4v) is 6.73. The van der Waals surface area contributed by atoms with Gasteiger partial charge in [-0.1, -0.05) is 196 Å². The lowest BCUT2D eigenvalue weighted by Gasteiger charge is -2.24. The van der Waals surface area contributed by atoms with E-state index in [-0.39, 0.29) is 28.7 Å². The molecule has 0 aromatic carbocycles. The van der Waals surface area contributed by atoms with Crippen molar-refractivity contribution in [2.24, 2.45) is 10.8 Å². The van der Waals surface area contributed by atoms with Gasteiger partial charge in [-0.3, -0.25) is 9.59 Å². The molecule has 3 N–H and O–H groups in total. The van der Waals surface area contributed by atoms with E-state index in [0.717, 1.165) is 90.1 Å². The summed E-state index contributed by atoms with van der Waals surface area (Å²) in [6, 6.07) is 0. The first kappa shape index (κ1) is 46.9. The van der Waals surface area contributed by atoms with Crippen molar-refractivity contribution in [3.8, 4) is 0 Å². The molecule has 0 saturated carbocycles. The van der Waals surface area contributed by atoms with Crippen LogP contribution in [0.5, 0.6) is 0 Å². The molecule has 0 unspecified atom stereocenters. The van der Waals surface area contributed by atoms with Crippen LogP contribution in [-0.2, 0) is 9.59 Å². The number of hydrogen-bond acceptors (Lipinski definition) is 3. The Hall–Kier alpha value is -1.10. The number of carbonyl (C=O) groups is 2. The van der Waals surface area contributed by atoms with Crippen molar-refractivity contribution < 1.29 is 14.7 Å². The van der Waals surface area contributed by atoms with E-state index in [9.17, 15) is 14.7 Å². The second-order valence-corrected chi connectivity index (χ2v) is 16.5. The molecule has 0 bridgehead atoms. The first-order valence-electron chi connectivity index (χ1n) is 21.3. The fourth-order valence-electron chi connectivity index (χ4n) is 6.73. The molecule has 0 aliphatic heterocycles. The minimum atomic E-state index is -0.325. The first-order valence-corrected chi connectivity index (χ1v) is 21.3. The molecule has 2 amide bonds. The third-order valence-electron chi connectivity index (χ3n) is 10.5. The van der Waals surface area contributed by atoms with Crippen molar-refractivity contribution in [3.63, 3.8) is 0 Å². The molecule has 286 valence electrons. The van der Waals surface area contributed by atoms with E-state index < -0.39 is 0 Å². The van der Waals surface area contributed by atoms with Crippen molar-refractivity contribution >= 4 is 11.8 Å². The molecule has 0 aromatic rings. The lowest BCUT2D eigenvalue weighted by Crippen LogP contribution is -2.37. The van der Waals surface area contributed by atoms with Gasteiger partial charge in [0.2, 0.25) is 11.8 Å². The summed E-state index contributed by atoms with van der Waals surface area (Å²) in [6.07, 6.45) is 35.7. The molecule has 0 spiro atoms. The Kier molecular flexibility index (Phi) is 31.1. The Morgan fingerprint density at radius 2 is 0.708 bits per heavy atom. The highest BCUT2D eigenvalue weighted by Crippen LogP contribution is 2.26. The monoisotopic (exact) mass is 679 g/mol. The summed E-state index contributed by atoms with van der Waals surface area (Å²) >= 11 is 0. The number of unbranched alkanes of at least 4 members (excludes halogenated alkanes) is 22. The van der Waals surface area contributed by atoms with E-state index in [2.05, 4.69) is 52.2 Å². The van der Waals surface area contributed by atoms with Crippen molar-refractivity contribution in [2.75, 3.05) is 13.1 Å². The first-order chi connectivity index (χ1) is 23.1. The molecule has 5 nitrogen and oxygen atoms in total. The number of carbonyl (C=O) groups excluding carboxylic acids is 2. The van der Waals surface area contributed by atoms with Gasteiger partial charge in [0, 0.05) is 23.9 Å². The van der Waals surface area contributed by atoms with Crippen LogP contribution in [0, 0.1) is 10.8 Å². The van der Waals surface area contributed by atoms with E-state index >= 15 is 0 Å². The Balaban J connectivity index is 3.75. The standard InChI is InChI=1S/C43H86N2O3/c1-7-9-11-13-15-17-19-21-23-31-37-44-40(47)42(3,4)35-29-25-27-33-39(46)34-28-26-30-36-43(5,6)41(48)45-38-32-24-22-20-18-16-14-12-10-8-2/h39,46H,7-38H2,1-6H3,(H,44,47)(H,45,48). The molecule has 0 radical (unpaired) electrons. The van der Waals surface area contributed by atoms with Gasteiger partial charge in [0.15, 0.2) is 0 Å². The predicted octanol–water partition coefficient (Wildman–Crippen LogP) is 12.4. The summed E-state index contributed by atoms with van der Waals surface area (Å²) in [6.45, 7) is 14.4. The molecule has 0 heterocycles. The van der Waals surface area contributed by atoms with Crippen molar-refractivity contribution in [2.45, 2.75) is 240 Å². The normalized spacial score (nSPS) is 12.2. The van der Waals surface area contributed by atoms with Crippen LogP contribution in [0.2, 0.25) is 0 Å². The smallest absolute Gasteiger partial charge is 0.225 e. The van der Waals surface area contributed by atoms with Crippen LogP contribution in [-0.4, -0.2) is 36.1 Å². The molecule has 0 aliphatic carbocycles. The van der Waals surface area contributed by atoms with Gasteiger partial charge in [0.25, 0.3) is 0 Å². The third kappa shape index (κ3) is 28.7. The Labute approximate surface area is 300 Å². The summed E-state index contributed by atoms with van der Waals surface area (Å²) in [4.78, 5) is 25.4. The number of aliphatic hydroxyl groups excluding tert-OH is 1. The van der Waals surface area contributed by atoms with Crippen LogP contribution < -0.4 is 10.6 Å². The van der Waals surface area contributed by atoms with E-state index in [1.165, 1.54) is 116 Å². The lowest BCUT2D eigenvalue weighted by atomic mass is 9.85. The van der Waals surface area contributed by atoms with Gasteiger partial charge in [0.1, 0.15) is 0 Å². The summed E-state index contributed by atoms with van der Waals surface area (Å²) in [7, 11) is 0. The Bertz CT molecular complexity index is 676. The Morgan fingerprint density at radius 3 is 1.02 bits per heavy atom. The molecule has 0 rings (SSSR count). The van der Waals surface area contributed by atoms with Gasteiger partial charge >= 0.3 is 0 Å². The van der Waals surface area contributed by atoms with Crippen LogP contribution >= 0.6 is 0 Å². The molecule has 0 aliphatic rings. The fraction of sp³-hybridized carbons (Fsp3) is 0.953. The zero-order valence-electron chi connectivity index (χ0n) is 33.5. The van der Waals surface area contributed by atoms with Gasteiger partial charge in [-0.2, -0.15) is 0 Å². The maximum atomic E-state index is 12.7. The lowest BCUT2D eigenvalue weighted by molar-refractivity contribution is -0.130. The van der Waals surface area contributed by atoms with E-state index in [4.69, 9.17) is 0 Å². The van der Waals surface area contributed by atoms with Gasteiger partial charge in [-0.15, -0.1) is 0 Å². The van der Waals surface area contributed by atoms with Crippen LogP contribution in [0.1, 0.15) is 234 Å². The number of hydrogen-bond donors (Lipinski definition) is 3. The maximum Gasteiger partial charge on any atom is 0.225 e. The van der Waals surface area contributed by atoms with Crippen LogP contribution in [0.4, 0.5) is 0 Å². The minimum Gasteiger partial charge on any atom is -0.393 e. The van der Waals surface area contributed by atoms with E-state index in [1.807, 2.05) is 0 Å². The van der Waals surface area contributed by atoms with E-state index in [1.54, 1.807) is 0 Å². The number of amides is 2. The van der Waals surface area contributed by atoms with Gasteiger partial charge in [-0.25, -0.2) is 0 Å². The largest absolute Gasteiger partial charge is 0.393 e. The minimum absolute atomic E-state index is 0.188. The quantitative estimate of drug-likeness (QED) is 0.0577. The van der Waals surface area contributed by atoms with Gasteiger partial charge in [-0.05, 0) is 38.5 Å². The molecule has 5 heteroatoms. The van der Waals surface area contributed by atoms with Crippen LogP contribution in [0.3, 0.4) is 0 Å². The zero-order valence-corrected chi connectivity index (χ0v) is 33.5. The zero-order chi connectivity index (χ0) is 35.8. The van der Waals surface area contributed by atoms with Crippen LogP contribution in [0.25, 0.3) is 0 Å². The molecule has 48 heavy (non-hydrogen) atoms. The highest BCUT2D eigenvalue weighted by atomic mass is 16.3. The third-order valence-corrected chi connectivity index (χ3v) is 10.5. The second kappa shape index (κ2) is 31.9. The molecule has 0 aromatic heterocycles. The number of nitrogens with one attached hydrogen (secondary N) is 2. The van der Waals surface area contributed by atoms with Crippen LogP contribution in [0.15, 0.2) is 0 Å². The average Bonchev–Trinajstić information content (AvgIpc) is 3.05. The number of rotatable bonds is 36. The maximum absolute atomic E-state index is 12.7. The summed E-state index contributed by atoms with van der Waals surface area (Å²) < 4.78 is 0. The molecule has 0 atom stereocenters. The average molecular weight is 679 g/mol. The summed E-state index contributed by atoms with van der Waals surface area (Å²) in [5.41, 5.74) is -0.649.